The van der Waals surface area contributed by atoms with Crippen LogP contribution >= 0.6 is 0 Å². The summed E-state index contributed by atoms with van der Waals surface area (Å²) in [5.74, 6) is 0. The number of benzene rings is 1. The second kappa shape index (κ2) is 7.65. The Labute approximate surface area is 117 Å². The number of aryl methyl sites for hydroxylation is 1. The van der Waals surface area contributed by atoms with Gasteiger partial charge in [0.2, 0.25) is 10.0 Å². The van der Waals surface area contributed by atoms with E-state index in [9.17, 15) is 8.42 Å². The van der Waals surface area contributed by atoms with Gasteiger partial charge in [0.05, 0.1) is 4.90 Å². The average molecular weight is 283 g/mol. The highest BCUT2D eigenvalue weighted by Gasteiger charge is 2.23. The Kier molecular flexibility index (Phi) is 6.52. The molecule has 0 aliphatic carbocycles. The Balaban J connectivity index is 2.93. The van der Waals surface area contributed by atoms with Crippen molar-refractivity contribution in [3.63, 3.8) is 0 Å². The van der Waals surface area contributed by atoms with Gasteiger partial charge in [-0.3, -0.25) is 0 Å². The average Bonchev–Trinajstić information content (AvgIpc) is 2.39. The molecule has 0 amide bonds. The van der Waals surface area contributed by atoms with Crippen LogP contribution in [0.5, 0.6) is 0 Å². The fraction of sp³-hybridized carbons (Fsp3) is 0.600. The number of hydrogen-bond acceptors (Lipinski definition) is 2. The normalized spacial score (nSPS) is 12.0. The maximum absolute atomic E-state index is 12.6. The summed E-state index contributed by atoms with van der Waals surface area (Å²) in [4.78, 5) is 0.408. The molecule has 0 saturated carbocycles. The number of nitrogens with zero attached hydrogens (tertiary/aromatic N) is 1. The molecule has 4 heteroatoms. The Morgan fingerprint density at radius 3 is 1.84 bits per heavy atom. The predicted octanol–water partition coefficient (Wildman–Crippen LogP) is 3.59. The van der Waals surface area contributed by atoms with Crippen LogP contribution in [0.3, 0.4) is 0 Å². The Morgan fingerprint density at radius 1 is 0.947 bits per heavy atom. The molecule has 0 N–H and O–H groups in total. The molecule has 0 unspecified atom stereocenters. The van der Waals surface area contributed by atoms with Crippen molar-refractivity contribution in [2.24, 2.45) is 0 Å². The molecule has 1 rings (SSSR count). The van der Waals surface area contributed by atoms with Crippen LogP contribution in [0.4, 0.5) is 0 Å². The molecule has 0 aromatic heterocycles. The summed E-state index contributed by atoms with van der Waals surface area (Å²) in [5, 5.41) is 0. The highest BCUT2D eigenvalue weighted by molar-refractivity contribution is 7.89. The standard InChI is InChI=1S/C15H25NO2S/c1-4-6-12-16(13-7-5-2)19(17,18)15-10-8-14(3)9-11-15/h8-11H,4-7,12-13H2,1-3H3. The molecule has 0 atom stereocenters. The molecule has 1 aromatic carbocycles. The van der Waals surface area contributed by atoms with Crippen molar-refractivity contribution in [2.75, 3.05) is 13.1 Å². The molecule has 0 radical (unpaired) electrons. The van der Waals surface area contributed by atoms with Crippen LogP contribution in [-0.2, 0) is 10.0 Å². The first-order chi connectivity index (χ1) is 9.02. The molecule has 0 heterocycles. The van der Waals surface area contributed by atoms with Crippen molar-refractivity contribution in [3.8, 4) is 0 Å². The van der Waals surface area contributed by atoms with Crippen LogP contribution < -0.4 is 0 Å². The predicted molar refractivity (Wildman–Crippen MR) is 79.8 cm³/mol. The Morgan fingerprint density at radius 2 is 1.42 bits per heavy atom. The first-order valence-corrected chi connectivity index (χ1v) is 8.53. The van der Waals surface area contributed by atoms with Crippen molar-refractivity contribution in [3.05, 3.63) is 29.8 Å². The lowest BCUT2D eigenvalue weighted by Gasteiger charge is -2.22. The minimum atomic E-state index is -3.33. The highest BCUT2D eigenvalue weighted by Crippen LogP contribution is 2.17. The van der Waals surface area contributed by atoms with Crippen LogP contribution in [0.2, 0.25) is 0 Å². The third-order valence-corrected chi connectivity index (χ3v) is 5.09. The topological polar surface area (TPSA) is 37.4 Å². The quantitative estimate of drug-likeness (QED) is 0.731. The largest absolute Gasteiger partial charge is 0.243 e. The lowest BCUT2D eigenvalue weighted by Crippen LogP contribution is -2.33. The summed E-state index contributed by atoms with van der Waals surface area (Å²) in [5.41, 5.74) is 1.08. The highest BCUT2D eigenvalue weighted by atomic mass is 32.2. The van der Waals surface area contributed by atoms with Crippen LogP contribution in [0.25, 0.3) is 0 Å². The van der Waals surface area contributed by atoms with Crippen LogP contribution in [0.15, 0.2) is 29.2 Å². The molecule has 0 bridgehead atoms. The van der Waals surface area contributed by atoms with Gasteiger partial charge in [-0.2, -0.15) is 4.31 Å². The smallest absolute Gasteiger partial charge is 0.207 e. The summed E-state index contributed by atoms with van der Waals surface area (Å²) < 4.78 is 26.8. The molecule has 3 nitrogen and oxygen atoms in total. The van der Waals surface area contributed by atoms with Crippen molar-refractivity contribution in [1.82, 2.24) is 4.31 Å². The van der Waals surface area contributed by atoms with Gasteiger partial charge in [0.1, 0.15) is 0 Å². The molecular formula is C15H25NO2S. The van der Waals surface area contributed by atoms with Gasteiger partial charge in [-0.1, -0.05) is 44.4 Å². The first-order valence-electron chi connectivity index (χ1n) is 7.09. The summed E-state index contributed by atoms with van der Waals surface area (Å²) in [6.45, 7) is 7.36. The zero-order chi connectivity index (χ0) is 14.3. The zero-order valence-electron chi connectivity index (χ0n) is 12.2. The van der Waals surface area contributed by atoms with E-state index < -0.39 is 10.0 Å². The number of hydrogen-bond donors (Lipinski definition) is 0. The van der Waals surface area contributed by atoms with Gasteiger partial charge in [0.25, 0.3) is 0 Å². The molecule has 0 fully saturated rings. The molecule has 0 saturated heterocycles. The molecule has 0 aliphatic rings. The van der Waals surface area contributed by atoms with Gasteiger partial charge in [-0.25, -0.2) is 8.42 Å². The minimum absolute atomic E-state index is 0.408. The second-order valence-corrected chi connectivity index (χ2v) is 6.86. The van der Waals surface area contributed by atoms with Gasteiger partial charge in [-0.05, 0) is 31.9 Å². The van der Waals surface area contributed by atoms with E-state index in [1.54, 1.807) is 16.4 Å². The van der Waals surface area contributed by atoms with Gasteiger partial charge in [0, 0.05) is 13.1 Å². The summed E-state index contributed by atoms with van der Waals surface area (Å²) in [6.07, 6.45) is 3.84. The summed E-state index contributed by atoms with van der Waals surface area (Å²) in [7, 11) is -3.33. The van der Waals surface area contributed by atoms with Crippen LogP contribution in [-0.4, -0.2) is 25.8 Å². The molecule has 19 heavy (non-hydrogen) atoms. The van der Waals surface area contributed by atoms with Gasteiger partial charge in [-0.15, -0.1) is 0 Å². The fourth-order valence-corrected chi connectivity index (χ4v) is 3.40. The third-order valence-electron chi connectivity index (χ3n) is 3.18. The minimum Gasteiger partial charge on any atom is -0.207 e. The summed E-state index contributed by atoms with van der Waals surface area (Å²) in [6, 6.07) is 7.11. The third kappa shape index (κ3) is 4.62. The molecule has 108 valence electrons. The van der Waals surface area contributed by atoms with E-state index in [1.165, 1.54) is 0 Å². The van der Waals surface area contributed by atoms with Crippen LogP contribution in [0, 0.1) is 6.92 Å². The lowest BCUT2D eigenvalue weighted by atomic mass is 10.2. The number of rotatable bonds is 8. The maximum atomic E-state index is 12.6. The second-order valence-electron chi connectivity index (χ2n) is 4.92. The molecule has 0 aliphatic heterocycles. The van der Waals surface area contributed by atoms with E-state index in [2.05, 4.69) is 13.8 Å². The van der Waals surface area contributed by atoms with Crippen molar-refractivity contribution < 1.29 is 8.42 Å². The van der Waals surface area contributed by atoms with Gasteiger partial charge < -0.3 is 0 Å². The van der Waals surface area contributed by atoms with Crippen molar-refractivity contribution in [1.29, 1.82) is 0 Å². The molecule has 1 aromatic rings. The molecule has 0 spiro atoms. The van der Waals surface area contributed by atoms with Crippen molar-refractivity contribution >= 4 is 10.0 Å². The van der Waals surface area contributed by atoms with Crippen molar-refractivity contribution in [2.45, 2.75) is 51.3 Å². The fourth-order valence-electron chi connectivity index (χ4n) is 1.88. The lowest BCUT2D eigenvalue weighted by molar-refractivity contribution is 0.395. The van der Waals surface area contributed by atoms with Crippen LogP contribution in [0.1, 0.15) is 45.1 Å². The maximum Gasteiger partial charge on any atom is 0.243 e. The van der Waals surface area contributed by atoms with E-state index in [-0.39, 0.29) is 0 Å². The first kappa shape index (κ1) is 16.2. The van der Waals surface area contributed by atoms with Gasteiger partial charge >= 0.3 is 0 Å². The monoisotopic (exact) mass is 283 g/mol. The SMILES string of the molecule is CCCCN(CCCC)S(=O)(=O)c1ccc(C)cc1. The van der Waals surface area contributed by atoms with E-state index in [4.69, 9.17) is 0 Å². The van der Waals surface area contributed by atoms with E-state index in [0.29, 0.717) is 18.0 Å². The van der Waals surface area contributed by atoms with Gasteiger partial charge in [0.15, 0.2) is 0 Å². The summed E-state index contributed by atoms with van der Waals surface area (Å²) >= 11 is 0. The van der Waals surface area contributed by atoms with E-state index in [0.717, 1.165) is 31.2 Å². The Hall–Kier alpha value is -0.870. The zero-order valence-corrected chi connectivity index (χ0v) is 13.0. The Bertz CT molecular complexity index is 457. The van der Waals surface area contributed by atoms with E-state index in [1.807, 2.05) is 19.1 Å². The number of sulfonamides is 1. The van der Waals surface area contributed by atoms with E-state index >= 15 is 0 Å². The number of unbranched alkanes of at least 4 members (excludes halogenated alkanes) is 2. The molecular weight excluding hydrogens is 258 g/mol.